The first-order valence-electron chi connectivity index (χ1n) is 8.05. The molecule has 1 aliphatic carbocycles. The molecule has 0 spiro atoms. The van der Waals surface area contributed by atoms with Gasteiger partial charge in [0.1, 0.15) is 0 Å². The second-order valence-electron chi connectivity index (χ2n) is 6.39. The van der Waals surface area contributed by atoms with Gasteiger partial charge in [0, 0.05) is 29.9 Å². The van der Waals surface area contributed by atoms with Gasteiger partial charge in [-0.05, 0) is 32.8 Å². The summed E-state index contributed by atoms with van der Waals surface area (Å²) in [4.78, 5) is 13.3. The Morgan fingerprint density at radius 2 is 1.95 bits per heavy atom. The summed E-state index contributed by atoms with van der Waals surface area (Å²) >= 11 is 1.60. The fourth-order valence-corrected chi connectivity index (χ4v) is 4.02. The number of hydrogen-bond acceptors (Lipinski definition) is 2. The average molecular weight is 304 g/mol. The number of thiophene rings is 1. The molecule has 4 heteroatoms. The van der Waals surface area contributed by atoms with Crippen molar-refractivity contribution in [1.29, 1.82) is 0 Å². The van der Waals surface area contributed by atoms with Crippen LogP contribution in [0.25, 0.3) is 10.1 Å². The molecule has 2 heterocycles. The zero-order chi connectivity index (χ0) is 14.8. The van der Waals surface area contributed by atoms with Gasteiger partial charge in [-0.2, -0.15) is 0 Å². The highest BCUT2D eigenvalue weighted by Gasteiger charge is 2.18. The Hall–Kier alpha value is -1.29. The minimum Gasteiger partial charge on any atom is -0.350 e. The lowest BCUT2D eigenvalue weighted by atomic mass is 10.1. The summed E-state index contributed by atoms with van der Waals surface area (Å²) in [5.41, 5.74) is 0. The van der Waals surface area contributed by atoms with Gasteiger partial charge in [-0.3, -0.25) is 4.79 Å². The maximum atomic E-state index is 12.4. The van der Waals surface area contributed by atoms with Gasteiger partial charge in [0.05, 0.1) is 9.58 Å². The molecule has 0 radical (unpaired) electrons. The number of hydrogen-bond donors (Lipinski definition) is 1. The zero-order valence-corrected chi connectivity index (χ0v) is 13.7. The monoisotopic (exact) mass is 304 g/mol. The molecule has 21 heavy (non-hydrogen) atoms. The van der Waals surface area contributed by atoms with Crippen LogP contribution in [0.5, 0.6) is 0 Å². The molecule has 1 fully saturated rings. The maximum absolute atomic E-state index is 12.4. The number of fused-ring (bicyclic) bond motifs is 1. The van der Waals surface area contributed by atoms with E-state index in [-0.39, 0.29) is 5.91 Å². The molecule has 0 bridgehead atoms. The Morgan fingerprint density at radius 3 is 2.57 bits per heavy atom. The standard InChI is InChI=1S/C17H24N2OS/c1-12(2)19-10-13-9-15(21-16(13)11-19)17(20)18-14-7-5-3-4-6-8-14/h9-12,14H,3-8H2,1-2H3,(H,18,20). The van der Waals surface area contributed by atoms with E-state index in [2.05, 4.69) is 36.1 Å². The third-order valence-corrected chi connectivity index (χ3v) is 5.44. The van der Waals surface area contributed by atoms with E-state index in [0.717, 1.165) is 17.7 Å². The van der Waals surface area contributed by atoms with Crippen LogP contribution in [-0.4, -0.2) is 16.5 Å². The summed E-state index contributed by atoms with van der Waals surface area (Å²) in [6.45, 7) is 4.34. The Balaban J connectivity index is 1.70. The Labute approximate surface area is 130 Å². The smallest absolute Gasteiger partial charge is 0.261 e. The largest absolute Gasteiger partial charge is 0.350 e. The van der Waals surface area contributed by atoms with Crippen molar-refractivity contribution in [3.05, 3.63) is 23.3 Å². The number of carbonyl (C=O) groups is 1. The van der Waals surface area contributed by atoms with Crippen LogP contribution in [0.4, 0.5) is 0 Å². The predicted molar refractivity (Wildman–Crippen MR) is 89.2 cm³/mol. The summed E-state index contributed by atoms with van der Waals surface area (Å²) in [5, 5.41) is 4.41. The third-order valence-electron chi connectivity index (χ3n) is 4.36. The van der Waals surface area contributed by atoms with Crippen molar-refractivity contribution in [2.45, 2.75) is 64.5 Å². The summed E-state index contributed by atoms with van der Waals surface area (Å²) in [6, 6.07) is 2.87. The van der Waals surface area contributed by atoms with Crippen LogP contribution in [0.15, 0.2) is 18.5 Å². The number of nitrogens with zero attached hydrogens (tertiary/aromatic N) is 1. The van der Waals surface area contributed by atoms with E-state index in [4.69, 9.17) is 0 Å². The van der Waals surface area contributed by atoms with Crippen LogP contribution in [0.2, 0.25) is 0 Å². The number of carbonyl (C=O) groups excluding carboxylic acids is 1. The van der Waals surface area contributed by atoms with E-state index in [0.29, 0.717) is 12.1 Å². The SMILES string of the molecule is CC(C)n1cc2cc(C(=O)NC3CCCCCC3)sc2c1. The molecule has 0 saturated heterocycles. The van der Waals surface area contributed by atoms with Crippen LogP contribution >= 0.6 is 11.3 Å². The van der Waals surface area contributed by atoms with E-state index in [1.54, 1.807) is 11.3 Å². The minimum absolute atomic E-state index is 0.110. The van der Waals surface area contributed by atoms with Gasteiger partial charge in [-0.15, -0.1) is 11.3 Å². The van der Waals surface area contributed by atoms with Gasteiger partial charge in [0.15, 0.2) is 0 Å². The lowest BCUT2D eigenvalue weighted by molar-refractivity contribution is 0.0937. The topological polar surface area (TPSA) is 34.0 Å². The molecule has 2 aromatic heterocycles. The molecule has 1 N–H and O–H groups in total. The van der Waals surface area contributed by atoms with Crippen molar-refractivity contribution in [3.63, 3.8) is 0 Å². The summed E-state index contributed by atoms with van der Waals surface area (Å²) in [5.74, 6) is 0.110. The van der Waals surface area contributed by atoms with Crippen molar-refractivity contribution >= 4 is 27.3 Å². The minimum atomic E-state index is 0.110. The summed E-state index contributed by atoms with van der Waals surface area (Å²) in [7, 11) is 0. The van der Waals surface area contributed by atoms with Crippen molar-refractivity contribution < 1.29 is 4.79 Å². The molecule has 0 atom stereocenters. The number of aromatic nitrogens is 1. The second-order valence-corrected chi connectivity index (χ2v) is 7.48. The molecule has 2 aromatic rings. The van der Waals surface area contributed by atoms with Crippen LogP contribution in [0.1, 0.15) is 68.1 Å². The van der Waals surface area contributed by atoms with Crippen LogP contribution in [-0.2, 0) is 0 Å². The predicted octanol–water partition coefficient (Wildman–Crippen LogP) is 4.74. The fraction of sp³-hybridized carbons (Fsp3) is 0.588. The van der Waals surface area contributed by atoms with Gasteiger partial charge in [0.25, 0.3) is 5.91 Å². The molecule has 3 rings (SSSR count). The number of nitrogens with one attached hydrogen (secondary N) is 1. The van der Waals surface area contributed by atoms with Gasteiger partial charge in [-0.1, -0.05) is 25.7 Å². The first kappa shape index (κ1) is 14.6. The molecule has 0 aromatic carbocycles. The van der Waals surface area contributed by atoms with Crippen molar-refractivity contribution in [2.75, 3.05) is 0 Å². The molecule has 1 saturated carbocycles. The fourth-order valence-electron chi connectivity index (χ4n) is 3.04. The molecule has 3 nitrogen and oxygen atoms in total. The van der Waals surface area contributed by atoms with E-state index in [9.17, 15) is 4.79 Å². The summed E-state index contributed by atoms with van der Waals surface area (Å²) < 4.78 is 3.41. The van der Waals surface area contributed by atoms with Gasteiger partial charge in [-0.25, -0.2) is 0 Å². The van der Waals surface area contributed by atoms with E-state index in [1.165, 1.54) is 35.8 Å². The lowest BCUT2D eigenvalue weighted by Crippen LogP contribution is -2.33. The number of amides is 1. The van der Waals surface area contributed by atoms with Crippen molar-refractivity contribution in [1.82, 2.24) is 9.88 Å². The first-order chi connectivity index (χ1) is 10.1. The highest BCUT2D eigenvalue weighted by atomic mass is 32.1. The van der Waals surface area contributed by atoms with Crippen molar-refractivity contribution in [3.8, 4) is 0 Å². The Kier molecular flexibility index (Phi) is 4.34. The van der Waals surface area contributed by atoms with Gasteiger partial charge < -0.3 is 9.88 Å². The molecular weight excluding hydrogens is 280 g/mol. The van der Waals surface area contributed by atoms with E-state index < -0.39 is 0 Å². The molecule has 0 unspecified atom stereocenters. The Bertz CT molecular complexity index is 586. The lowest BCUT2D eigenvalue weighted by Gasteiger charge is -2.15. The number of rotatable bonds is 3. The highest BCUT2D eigenvalue weighted by Crippen LogP contribution is 2.28. The zero-order valence-electron chi connectivity index (χ0n) is 12.9. The molecule has 1 aliphatic rings. The average Bonchev–Trinajstić information content (AvgIpc) is 2.91. The quantitative estimate of drug-likeness (QED) is 0.817. The maximum Gasteiger partial charge on any atom is 0.261 e. The van der Waals surface area contributed by atoms with Gasteiger partial charge in [0.2, 0.25) is 0 Å². The highest BCUT2D eigenvalue weighted by molar-refractivity contribution is 7.20. The summed E-state index contributed by atoms with van der Waals surface area (Å²) in [6.07, 6.45) is 11.7. The Morgan fingerprint density at radius 1 is 1.24 bits per heavy atom. The van der Waals surface area contributed by atoms with Gasteiger partial charge >= 0.3 is 0 Å². The molecular formula is C17H24N2OS. The third kappa shape index (κ3) is 3.31. The van der Waals surface area contributed by atoms with E-state index >= 15 is 0 Å². The molecule has 114 valence electrons. The first-order valence-corrected chi connectivity index (χ1v) is 8.87. The second kappa shape index (κ2) is 6.22. The van der Waals surface area contributed by atoms with E-state index in [1.807, 2.05) is 6.07 Å². The molecule has 1 amide bonds. The van der Waals surface area contributed by atoms with Crippen LogP contribution < -0.4 is 5.32 Å². The normalized spacial score (nSPS) is 17.3. The molecule has 0 aliphatic heterocycles. The van der Waals surface area contributed by atoms with Crippen molar-refractivity contribution in [2.24, 2.45) is 0 Å². The van der Waals surface area contributed by atoms with Crippen LogP contribution in [0, 0.1) is 0 Å². The van der Waals surface area contributed by atoms with Crippen LogP contribution in [0.3, 0.4) is 0 Å².